The number of benzene rings is 1. The number of rotatable bonds is 7. The number of carbonyl (C=O) groups is 1. The maximum atomic E-state index is 11.5. The van der Waals surface area contributed by atoms with Gasteiger partial charge in [0.2, 0.25) is 0 Å². The number of para-hydroxylation sites is 2. The van der Waals surface area contributed by atoms with E-state index < -0.39 is 0 Å². The molecule has 5 heteroatoms. The van der Waals surface area contributed by atoms with Crippen molar-refractivity contribution < 1.29 is 4.79 Å². The Bertz CT molecular complexity index is 1130. The maximum absolute atomic E-state index is 11.5. The van der Waals surface area contributed by atoms with Crippen molar-refractivity contribution in [3.05, 3.63) is 30.1 Å². The van der Waals surface area contributed by atoms with Crippen LogP contribution in [0, 0.1) is 17.8 Å². The Labute approximate surface area is 235 Å². The van der Waals surface area contributed by atoms with Crippen molar-refractivity contribution in [2.75, 3.05) is 19.6 Å². The number of hydrogen-bond acceptors (Lipinski definition) is 4. The van der Waals surface area contributed by atoms with Gasteiger partial charge in [0.15, 0.2) is 0 Å². The Morgan fingerprint density at radius 3 is 2.33 bits per heavy atom. The Balaban J connectivity index is 1.11. The molecule has 3 saturated heterocycles. The van der Waals surface area contributed by atoms with Crippen molar-refractivity contribution in [1.82, 2.24) is 19.4 Å². The minimum atomic E-state index is 0.309. The second-order valence-corrected chi connectivity index (χ2v) is 14.2. The summed E-state index contributed by atoms with van der Waals surface area (Å²) in [6.07, 6.45) is 20.3. The van der Waals surface area contributed by atoms with Crippen LogP contribution in [0.1, 0.15) is 109 Å². The molecular formula is C34H50N4O. The monoisotopic (exact) mass is 530 g/mol. The molecule has 0 N–H and O–H groups in total. The number of imidazole rings is 1. The van der Waals surface area contributed by atoms with Crippen LogP contribution in [-0.4, -0.2) is 62.9 Å². The molecule has 7 rings (SSSR count). The van der Waals surface area contributed by atoms with E-state index in [1.54, 1.807) is 6.92 Å². The van der Waals surface area contributed by atoms with Crippen molar-refractivity contribution in [3.63, 3.8) is 0 Å². The molecule has 1 aromatic heterocycles. The molecule has 39 heavy (non-hydrogen) atoms. The fourth-order valence-corrected chi connectivity index (χ4v) is 9.81. The van der Waals surface area contributed by atoms with Gasteiger partial charge in [-0.3, -0.25) is 9.69 Å². The van der Waals surface area contributed by atoms with E-state index in [4.69, 9.17) is 4.98 Å². The molecule has 2 aliphatic carbocycles. The molecule has 0 radical (unpaired) electrons. The van der Waals surface area contributed by atoms with E-state index in [0.717, 1.165) is 56.0 Å². The van der Waals surface area contributed by atoms with Crippen LogP contribution in [-0.2, 0) is 11.2 Å². The molecule has 3 aliphatic heterocycles. The van der Waals surface area contributed by atoms with Gasteiger partial charge in [-0.1, -0.05) is 44.2 Å². The van der Waals surface area contributed by atoms with Crippen LogP contribution in [0.5, 0.6) is 0 Å². The summed E-state index contributed by atoms with van der Waals surface area (Å²) in [4.78, 5) is 22.4. The van der Waals surface area contributed by atoms with Crippen molar-refractivity contribution in [2.24, 2.45) is 17.8 Å². The van der Waals surface area contributed by atoms with E-state index in [-0.39, 0.29) is 0 Å². The van der Waals surface area contributed by atoms with Gasteiger partial charge in [0.1, 0.15) is 11.6 Å². The van der Waals surface area contributed by atoms with Gasteiger partial charge in [-0.25, -0.2) is 4.98 Å². The molecule has 5 fully saturated rings. The van der Waals surface area contributed by atoms with Gasteiger partial charge in [0, 0.05) is 50.1 Å². The first-order chi connectivity index (χ1) is 19.1. The van der Waals surface area contributed by atoms with E-state index in [1.165, 1.54) is 100 Å². The number of nitrogens with zero attached hydrogens (tertiary/aromatic N) is 4. The summed E-state index contributed by atoms with van der Waals surface area (Å²) in [5.74, 6) is 4.29. The molecule has 4 heterocycles. The van der Waals surface area contributed by atoms with Gasteiger partial charge < -0.3 is 9.47 Å². The number of ketones is 1. The quantitative estimate of drug-likeness (QED) is 0.395. The minimum Gasteiger partial charge on any atom is -0.325 e. The third-order valence-corrected chi connectivity index (χ3v) is 11.4. The molecule has 1 aromatic carbocycles. The molecule has 5 nitrogen and oxygen atoms in total. The molecule has 4 bridgehead atoms. The van der Waals surface area contributed by atoms with Crippen molar-refractivity contribution >= 4 is 16.8 Å². The lowest BCUT2D eigenvalue weighted by Crippen LogP contribution is -2.58. The van der Waals surface area contributed by atoms with E-state index in [1.807, 2.05) is 0 Å². The lowest BCUT2D eigenvalue weighted by atomic mass is 9.73. The highest BCUT2D eigenvalue weighted by atomic mass is 16.1. The van der Waals surface area contributed by atoms with Crippen molar-refractivity contribution in [3.8, 4) is 0 Å². The molecule has 7 atom stereocenters. The number of aromatic nitrogens is 2. The first-order valence-corrected chi connectivity index (χ1v) is 16.6. The summed E-state index contributed by atoms with van der Waals surface area (Å²) < 4.78 is 2.72. The first kappa shape index (κ1) is 26.2. The molecule has 2 aromatic rings. The molecular weight excluding hydrogens is 480 g/mol. The normalized spacial score (nSPS) is 35.8. The Morgan fingerprint density at radius 2 is 1.59 bits per heavy atom. The van der Waals surface area contributed by atoms with Gasteiger partial charge in [-0.15, -0.1) is 0 Å². The molecule has 0 spiro atoms. The zero-order chi connectivity index (χ0) is 26.3. The molecule has 0 unspecified atom stereocenters. The predicted octanol–water partition coefficient (Wildman–Crippen LogP) is 6.80. The molecule has 212 valence electrons. The highest BCUT2D eigenvalue weighted by Crippen LogP contribution is 2.47. The highest BCUT2D eigenvalue weighted by molar-refractivity contribution is 5.76. The van der Waals surface area contributed by atoms with Gasteiger partial charge >= 0.3 is 0 Å². The van der Waals surface area contributed by atoms with E-state index in [0.29, 0.717) is 24.2 Å². The summed E-state index contributed by atoms with van der Waals surface area (Å²) >= 11 is 0. The zero-order valence-electron chi connectivity index (χ0n) is 24.3. The summed E-state index contributed by atoms with van der Waals surface area (Å²) in [6, 6.07) is 11.9. The third kappa shape index (κ3) is 5.47. The predicted molar refractivity (Wildman–Crippen MR) is 158 cm³/mol. The van der Waals surface area contributed by atoms with Gasteiger partial charge in [-0.2, -0.15) is 0 Å². The highest BCUT2D eigenvalue weighted by Gasteiger charge is 2.45. The Hall–Kier alpha value is -1.72. The Kier molecular flexibility index (Phi) is 7.57. The van der Waals surface area contributed by atoms with E-state index >= 15 is 0 Å². The summed E-state index contributed by atoms with van der Waals surface area (Å²) in [5, 5.41) is 0. The Morgan fingerprint density at radius 1 is 0.846 bits per heavy atom. The third-order valence-electron chi connectivity index (χ3n) is 11.4. The van der Waals surface area contributed by atoms with E-state index in [2.05, 4.69) is 38.6 Å². The summed E-state index contributed by atoms with van der Waals surface area (Å²) in [5.41, 5.74) is 2.54. The largest absolute Gasteiger partial charge is 0.325 e. The average molecular weight is 531 g/mol. The lowest BCUT2D eigenvalue weighted by Gasteiger charge is -2.54. The van der Waals surface area contributed by atoms with Crippen molar-refractivity contribution in [1.29, 1.82) is 0 Å². The number of hydrogen-bond donors (Lipinski definition) is 0. The second-order valence-electron chi connectivity index (χ2n) is 14.2. The minimum absolute atomic E-state index is 0.309. The zero-order valence-corrected chi connectivity index (χ0v) is 24.3. The number of carbonyl (C=O) groups excluding carboxylic acids is 1. The number of Topliss-reactive ketones (excluding diaryl/α,β-unsaturated/α-hetero) is 1. The topological polar surface area (TPSA) is 41.4 Å². The fourth-order valence-electron chi connectivity index (χ4n) is 9.81. The van der Waals surface area contributed by atoms with Crippen LogP contribution in [0.15, 0.2) is 24.3 Å². The second kappa shape index (κ2) is 11.3. The van der Waals surface area contributed by atoms with E-state index in [9.17, 15) is 4.79 Å². The van der Waals surface area contributed by atoms with Crippen LogP contribution in [0.25, 0.3) is 11.0 Å². The molecule has 2 saturated carbocycles. The number of piperidine rings is 2. The van der Waals surface area contributed by atoms with Gasteiger partial charge in [-0.05, 0) is 94.7 Å². The van der Waals surface area contributed by atoms with Crippen LogP contribution in [0.2, 0.25) is 0 Å². The first-order valence-electron chi connectivity index (χ1n) is 16.6. The van der Waals surface area contributed by atoms with Gasteiger partial charge in [0.25, 0.3) is 0 Å². The summed E-state index contributed by atoms with van der Waals surface area (Å²) in [7, 11) is 0. The SMILES string of the molecule is CC(=O)CCN1CC[C@@H](Cc2nc3ccccc3n2[C@H]2C[C@H]3CCC[C@@H](C2)N3[C@@H]2C[C@@H]3CCCC[C@@H](C3)C2)C1. The van der Waals surface area contributed by atoms with Crippen LogP contribution >= 0.6 is 0 Å². The van der Waals surface area contributed by atoms with Crippen LogP contribution in [0.4, 0.5) is 0 Å². The summed E-state index contributed by atoms with van der Waals surface area (Å²) in [6.45, 7) is 4.89. The van der Waals surface area contributed by atoms with Crippen LogP contribution in [0.3, 0.4) is 0 Å². The average Bonchev–Trinajstić information content (AvgIpc) is 3.48. The maximum Gasteiger partial charge on any atom is 0.131 e. The smallest absolute Gasteiger partial charge is 0.131 e. The fraction of sp³-hybridized carbons (Fsp3) is 0.765. The van der Waals surface area contributed by atoms with Crippen LogP contribution < -0.4 is 0 Å². The number of fused-ring (bicyclic) bond motifs is 5. The lowest BCUT2D eigenvalue weighted by molar-refractivity contribution is -0.117. The number of likely N-dealkylation sites (tertiary alicyclic amines) is 1. The van der Waals surface area contributed by atoms with Gasteiger partial charge in [0.05, 0.1) is 11.0 Å². The standard InChI is InChI=1S/C34H50N4O/c1-24(39)13-15-36-16-14-27(23-36)20-34-35-32-11-4-5-12-33(32)38(34)31-21-28-9-6-10-29(22-31)37(28)30-18-25-7-2-3-8-26(17-25)19-30/h4-5,11-12,25-31H,2-3,6-10,13-23H2,1H3/t25-,26+,27-,28-,29+,30-,31+/m0/s1. The molecule has 5 aliphatic rings. The van der Waals surface area contributed by atoms with Crippen molar-refractivity contribution in [2.45, 2.75) is 127 Å². The molecule has 0 amide bonds.